The maximum absolute atomic E-state index is 13.8. The minimum Gasteiger partial charge on any atom is -0.444 e. The Morgan fingerprint density at radius 2 is 1.76 bits per heavy atom. The Hall–Kier alpha value is -2.86. The van der Waals surface area contributed by atoms with Gasteiger partial charge in [-0.15, -0.1) is 0 Å². The summed E-state index contributed by atoms with van der Waals surface area (Å²) in [6.07, 6.45) is 5.21. The molecule has 3 amide bonds. The van der Waals surface area contributed by atoms with Gasteiger partial charge in [-0.3, -0.25) is 24.6 Å². The van der Waals surface area contributed by atoms with Crippen molar-refractivity contribution in [1.29, 1.82) is 0 Å². The largest absolute Gasteiger partial charge is 0.444 e. The zero-order valence-corrected chi connectivity index (χ0v) is 27.1. The smallest absolute Gasteiger partial charge is 0.408 e. The van der Waals surface area contributed by atoms with Crippen LogP contribution in [-0.4, -0.2) is 98.9 Å². The monoisotopic (exact) mass is 605 g/mol. The van der Waals surface area contributed by atoms with Gasteiger partial charge in [-0.2, -0.15) is 0 Å². The van der Waals surface area contributed by atoms with Gasteiger partial charge >= 0.3 is 6.09 Å². The Balaban J connectivity index is 1.48. The van der Waals surface area contributed by atoms with E-state index in [0.29, 0.717) is 17.2 Å². The number of hydrogen-bond acceptors (Lipinski definition) is 7. The third-order valence-electron chi connectivity index (χ3n) is 8.92. The van der Waals surface area contributed by atoms with Crippen LogP contribution in [0.4, 0.5) is 4.79 Å². The molecule has 12 heteroatoms. The molecule has 0 spiro atoms. The second kappa shape index (κ2) is 11.7. The van der Waals surface area contributed by atoms with Crippen molar-refractivity contribution in [2.45, 2.75) is 108 Å². The van der Waals surface area contributed by atoms with Crippen molar-refractivity contribution in [1.82, 2.24) is 20.0 Å². The molecule has 42 heavy (non-hydrogen) atoms. The van der Waals surface area contributed by atoms with E-state index in [1.54, 1.807) is 45.4 Å². The highest BCUT2D eigenvalue weighted by molar-refractivity contribution is 8.27. The number of nitrogens with one attached hydrogen (secondary N) is 1. The van der Waals surface area contributed by atoms with Crippen LogP contribution >= 0.6 is 10.2 Å². The Labute approximate surface area is 250 Å². The molecule has 2 saturated heterocycles. The Bertz CT molecular complexity index is 1220. The summed E-state index contributed by atoms with van der Waals surface area (Å²) in [5.74, 6) is 0.365. The summed E-state index contributed by atoms with van der Waals surface area (Å²) in [7, 11) is -0.339. The molecule has 1 saturated carbocycles. The van der Waals surface area contributed by atoms with Crippen molar-refractivity contribution in [2.75, 3.05) is 26.1 Å². The van der Waals surface area contributed by atoms with Crippen LogP contribution in [0.25, 0.3) is 0 Å². The van der Waals surface area contributed by atoms with Crippen molar-refractivity contribution in [3.63, 3.8) is 0 Å². The highest BCUT2D eigenvalue weighted by Crippen LogP contribution is 2.49. The van der Waals surface area contributed by atoms with Crippen molar-refractivity contribution in [3.8, 4) is 0 Å². The molecule has 3 fully saturated rings. The van der Waals surface area contributed by atoms with Gasteiger partial charge in [-0.05, 0) is 91.5 Å². The van der Waals surface area contributed by atoms with Crippen LogP contribution in [0.2, 0.25) is 0 Å². The molecule has 1 aromatic rings. The zero-order chi connectivity index (χ0) is 31.3. The van der Waals surface area contributed by atoms with E-state index in [1.807, 2.05) is 54.7 Å². The zero-order valence-electron chi connectivity index (χ0n) is 26.3. The predicted octanol–water partition coefficient (Wildman–Crippen LogP) is 4.19. The normalized spacial score (nSPS) is 27.5. The van der Waals surface area contributed by atoms with Gasteiger partial charge in [-0.25, -0.2) is 4.79 Å². The summed E-state index contributed by atoms with van der Waals surface area (Å²) in [5.41, 5.74) is 0.195. The summed E-state index contributed by atoms with van der Waals surface area (Å²) in [4.78, 5) is 58.2. The van der Waals surface area contributed by atoms with Crippen LogP contribution in [-0.2, 0) is 14.3 Å². The van der Waals surface area contributed by atoms with Crippen LogP contribution in [0.1, 0.15) is 72.4 Å². The molecule has 3 aliphatic rings. The maximum Gasteiger partial charge on any atom is 0.408 e. The third-order valence-corrected chi connectivity index (χ3v) is 11.1. The second-order valence-electron chi connectivity index (χ2n) is 13.6. The van der Waals surface area contributed by atoms with E-state index < -0.39 is 34.0 Å². The first-order valence-electron chi connectivity index (χ1n) is 14.7. The van der Waals surface area contributed by atoms with Gasteiger partial charge in [0.05, 0.1) is 21.3 Å². The molecule has 234 valence electrons. The van der Waals surface area contributed by atoms with Crippen molar-refractivity contribution in [3.05, 3.63) is 39.9 Å². The van der Waals surface area contributed by atoms with E-state index in [0.717, 1.165) is 18.4 Å². The number of likely N-dealkylation sites (tertiary alicyclic amines) is 2. The quantitative estimate of drug-likeness (QED) is 0.331. The summed E-state index contributed by atoms with van der Waals surface area (Å²) in [5, 5.41) is 14.3. The lowest BCUT2D eigenvalue weighted by Gasteiger charge is -2.34. The number of ether oxygens (including phenoxy) is 1. The topological polar surface area (TPSA) is 125 Å². The number of carbonyl (C=O) groups is 3. The van der Waals surface area contributed by atoms with Crippen LogP contribution in [0.15, 0.2) is 29.2 Å². The van der Waals surface area contributed by atoms with Gasteiger partial charge in [0.25, 0.3) is 0 Å². The number of alkyl carbamates (subject to hydrolysis) is 1. The molecule has 11 nitrogen and oxygen atoms in total. The summed E-state index contributed by atoms with van der Waals surface area (Å²) >= 11 is 0. The standard InChI is InChI=1S/C30H47N5O6S/c1-18-14-22-16-25(22)34(18)27(36)24(31-29(38)41-30(4,5)6)17-32(7)26-15-19(2)33(28(26)37)20(3)21-10-12-23(13-11-21)42(8,9)35(39)40/h10-13,18-20,22,24-26H,14-17H2,1-9H3,(H,31,38)/t18?,19-,20+,22-,24?,25?,26?/m1/s1. The molecular formula is C30H47N5O6S. The number of amides is 3. The third kappa shape index (κ3) is 6.54. The highest BCUT2D eigenvalue weighted by atomic mass is 32.3. The van der Waals surface area contributed by atoms with Crippen molar-refractivity contribution in [2.24, 2.45) is 5.92 Å². The molecule has 2 aliphatic heterocycles. The van der Waals surface area contributed by atoms with E-state index in [4.69, 9.17) is 4.74 Å². The molecule has 1 N–H and O–H groups in total. The molecule has 1 aliphatic carbocycles. The van der Waals surface area contributed by atoms with Gasteiger partial charge in [0.2, 0.25) is 11.8 Å². The molecule has 4 unspecified atom stereocenters. The second-order valence-corrected chi connectivity index (χ2v) is 16.9. The molecular weight excluding hydrogens is 558 g/mol. The van der Waals surface area contributed by atoms with E-state index in [2.05, 4.69) is 5.32 Å². The van der Waals surface area contributed by atoms with Crippen LogP contribution in [0.5, 0.6) is 0 Å². The number of hydrogen-bond donors (Lipinski definition) is 1. The number of likely N-dealkylation sites (N-methyl/N-ethyl adjacent to an activating group) is 1. The molecule has 4 rings (SSSR count). The van der Waals surface area contributed by atoms with Gasteiger partial charge in [0, 0.05) is 47.4 Å². The number of rotatable bonds is 9. The molecule has 2 heterocycles. The minimum atomic E-state index is -2.16. The summed E-state index contributed by atoms with van der Waals surface area (Å²) in [6, 6.07) is 6.08. The fraction of sp³-hybridized carbons (Fsp3) is 0.700. The molecule has 0 aromatic heterocycles. The number of nitrogens with zero attached hydrogens (tertiary/aromatic N) is 4. The number of fused-ring (bicyclic) bond motifs is 1. The first-order chi connectivity index (χ1) is 19.4. The lowest BCUT2D eigenvalue weighted by atomic mass is 10.1. The van der Waals surface area contributed by atoms with E-state index in [1.165, 1.54) is 0 Å². The molecule has 1 aromatic carbocycles. The lowest BCUT2D eigenvalue weighted by molar-refractivity contribution is -0.295. The van der Waals surface area contributed by atoms with Crippen LogP contribution < -0.4 is 5.32 Å². The maximum atomic E-state index is 13.8. The van der Waals surface area contributed by atoms with E-state index in [-0.39, 0.29) is 46.9 Å². The number of benzene rings is 1. The Kier molecular flexibility index (Phi) is 8.91. The van der Waals surface area contributed by atoms with Crippen LogP contribution in [0.3, 0.4) is 0 Å². The van der Waals surface area contributed by atoms with Crippen molar-refractivity contribution >= 4 is 28.1 Å². The highest BCUT2D eigenvalue weighted by Gasteiger charge is 2.54. The Morgan fingerprint density at radius 3 is 2.29 bits per heavy atom. The number of piperidine rings is 1. The fourth-order valence-corrected chi connectivity index (χ4v) is 7.48. The molecule has 0 radical (unpaired) electrons. The first kappa shape index (κ1) is 32.1. The molecule has 0 bridgehead atoms. The van der Waals surface area contributed by atoms with E-state index >= 15 is 0 Å². The van der Waals surface area contributed by atoms with E-state index in [9.17, 15) is 24.5 Å². The molecule has 7 atom stereocenters. The number of nitro groups is 1. The Morgan fingerprint density at radius 1 is 1.14 bits per heavy atom. The first-order valence-corrected chi connectivity index (χ1v) is 17.1. The van der Waals surface area contributed by atoms with Gasteiger partial charge in [-0.1, -0.05) is 12.1 Å². The SMILES string of the molecule is CC1C[C@@H]2CC2N1C(=O)C(CN(C)C1C[C@@H](C)N([C@@H](C)c2ccc(S(C)(C)[N+](=O)[O-])cc2)C1=O)NC(=O)OC(C)(C)C. The number of carbonyl (C=O) groups excluding carboxylic acids is 3. The van der Waals surface area contributed by atoms with Crippen LogP contribution in [0, 0.1) is 16.0 Å². The lowest BCUT2D eigenvalue weighted by Crippen LogP contribution is -2.57. The predicted molar refractivity (Wildman–Crippen MR) is 163 cm³/mol. The summed E-state index contributed by atoms with van der Waals surface area (Å²) in [6.45, 7) is 11.5. The van der Waals surface area contributed by atoms with Gasteiger partial charge in [0.15, 0.2) is 0 Å². The fourth-order valence-electron chi connectivity index (χ4n) is 6.51. The average molecular weight is 606 g/mol. The van der Waals surface area contributed by atoms with Gasteiger partial charge < -0.3 is 19.9 Å². The minimum absolute atomic E-state index is 0.0434. The summed E-state index contributed by atoms with van der Waals surface area (Å²) < 4.78 is 5.26. The van der Waals surface area contributed by atoms with Crippen molar-refractivity contribution < 1.29 is 23.4 Å². The average Bonchev–Trinajstić information content (AvgIpc) is 3.44. The van der Waals surface area contributed by atoms with Gasteiger partial charge in [0.1, 0.15) is 11.6 Å².